The predicted molar refractivity (Wildman–Crippen MR) is 183 cm³/mol. The molecule has 3 aromatic carbocycles. The summed E-state index contributed by atoms with van der Waals surface area (Å²) in [4.78, 5) is 44.3. The molecule has 0 radical (unpaired) electrons. The van der Waals surface area contributed by atoms with E-state index in [9.17, 15) is 14.4 Å². The first kappa shape index (κ1) is 32.1. The van der Waals surface area contributed by atoms with E-state index in [0.717, 1.165) is 22.6 Å². The van der Waals surface area contributed by atoms with E-state index in [4.69, 9.17) is 19.3 Å². The number of benzene rings is 3. The highest BCUT2D eigenvalue weighted by Crippen LogP contribution is 2.32. The number of carbonyl (C=O) groups is 2. The third-order valence-electron chi connectivity index (χ3n) is 7.52. The summed E-state index contributed by atoms with van der Waals surface area (Å²) >= 11 is 1.22. The van der Waals surface area contributed by atoms with Gasteiger partial charge in [-0.3, -0.25) is 14.2 Å². The summed E-state index contributed by atoms with van der Waals surface area (Å²) in [6.07, 6.45) is 5.16. The van der Waals surface area contributed by atoms with Crippen LogP contribution in [0, 0.1) is 0 Å². The molecule has 3 heterocycles. The number of esters is 2. The molecule has 6 rings (SSSR count). The van der Waals surface area contributed by atoms with Crippen molar-refractivity contribution in [2.24, 2.45) is 4.99 Å². The maximum absolute atomic E-state index is 14.3. The maximum atomic E-state index is 14.3. The Morgan fingerprint density at radius 1 is 1.00 bits per heavy atom. The van der Waals surface area contributed by atoms with Crippen LogP contribution in [0.5, 0.6) is 11.5 Å². The minimum Gasteiger partial charge on any atom is -0.494 e. The smallest absolute Gasteiger partial charge is 0.338 e. The fourth-order valence-electron chi connectivity index (χ4n) is 5.44. The topological polar surface area (TPSA) is 114 Å². The molecular formula is C37H32N4O6S. The molecule has 0 spiro atoms. The highest BCUT2D eigenvalue weighted by atomic mass is 32.1. The quantitative estimate of drug-likeness (QED) is 0.116. The van der Waals surface area contributed by atoms with Crippen LogP contribution in [-0.4, -0.2) is 39.5 Å². The van der Waals surface area contributed by atoms with Crippen LogP contribution in [-0.2, 0) is 14.3 Å². The number of rotatable bonds is 10. The molecule has 10 nitrogen and oxygen atoms in total. The van der Waals surface area contributed by atoms with Crippen molar-refractivity contribution >= 4 is 29.4 Å². The molecule has 0 aliphatic carbocycles. The number of hydrogen-bond donors (Lipinski definition) is 0. The van der Waals surface area contributed by atoms with Gasteiger partial charge < -0.3 is 14.2 Å². The van der Waals surface area contributed by atoms with E-state index >= 15 is 0 Å². The molecule has 0 N–H and O–H groups in total. The van der Waals surface area contributed by atoms with Crippen molar-refractivity contribution < 1.29 is 23.8 Å². The van der Waals surface area contributed by atoms with E-state index in [2.05, 4.69) is 11.6 Å². The van der Waals surface area contributed by atoms with Crippen molar-refractivity contribution in [2.45, 2.75) is 26.8 Å². The Morgan fingerprint density at radius 3 is 2.38 bits per heavy atom. The van der Waals surface area contributed by atoms with Crippen LogP contribution in [0.25, 0.3) is 23.0 Å². The molecule has 0 amide bonds. The fraction of sp³-hybridized carbons (Fsp3) is 0.162. The summed E-state index contributed by atoms with van der Waals surface area (Å²) in [5, 5.41) is 4.90. The Hall–Kier alpha value is -5.81. The lowest BCUT2D eigenvalue weighted by Crippen LogP contribution is -2.39. The number of aromatic nitrogens is 3. The zero-order valence-corrected chi connectivity index (χ0v) is 27.4. The van der Waals surface area contributed by atoms with E-state index < -0.39 is 18.0 Å². The molecule has 0 bridgehead atoms. The predicted octanol–water partition coefficient (Wildman–Crippen LogP) is 5.14. The molecule has 1 atom stereocenters. The highest BCUT2D eigenvalue weighted by molar-refractivity contribution is 7.07. The van der Waals surface area contributed by atoms with Gasteiger partial charge in [-0.1, -0.05) is 54.3 Å². The summed E-state index contributed by atoms with van der Waals surface area (Å²) < 4.78 is 20.0. The van der Waals surface area contributed by atoms with Crippen molar-refractivity contribution in [1.82, 2.24) is 14.3 Å². The fourth-order valence-corrected chi connectivity index (χ4v) is 6.48. The monoisotopic (exact) mass is 660 g/mol. The Bertz CT molecular complexity index is 2210. The van der Waals surface area contributed by atoms with Crippen molar-refractivity contribution in [3.05, 3.63) is 140 Å². The second-order valence-corrected chi connectivity index (χ2v) is 11.8. The number of fused-ring (bicyclic) bond motifs is 1. The average Bonchev–Trinajstić information content (AvgIpc) is 3.64. The van der Waals surface area contributed by atoms with Gasteiger partial charge in [0.15, 0.2) is 4.80 Å². The van der Waals surface area contributed by atoms with Crippen LogP contribution in [0.4, 0.5) is 0 Å². The minimum atomic E-state index is -0.843. The number of ether oxygens (including phenoxy) is 3. The average molecular weight is 661 g/mol. The lowest BCUT2D eigenvalue weighted by molar-refractivity contribution is -0.138. The Morgan fingerprint density at radius 2 is 1.71 bits per heavy atom. The molecule has 0 saturated carbocycles. The van der Waals surface area contributed by atoms with Crippen LogP contribution in [0.2, 0.25) is 0 Å². The zero-order chi connectivity index (χ0) is 33.8. The summed E-state index contributed by atoms with van der Waals surface area (Å²) in [6, 6.07) is 23.2. The summed E-state index contributed by atoms with van der Waals surface area (Å²) in [5.41, 5.74) is 4.04. The van der Waals surface area contributed by atoms with Gasteiger partial charge >= 0.3 is 11.9 Å². The lowest BCUT2D eigenvalue weighted by atomic mass is 9.96. The number of allylic oxidation sites excluding steroid dienone is 1. The number of nitrogens with zero attached hydrogens (tertiary/aromatic N) is 4. The number of hydrogen-bond acceptors (Lipinski definition) is 9. The summed E-state index contributed by atoms with van der Waals surface area (Å²) in [7, 11) is 0. The largest absolute Gasteiger partial charge is 0.494 e. The van der Waals surface area contributed by atoms with E-state index in [1.165, 1.54) is 28.9 Å². The van der Waals surface area contributed by atoms with Gasteiger partial charge in [0.25, 0.3) is 5.56 Å². The Kier molecular flexibility index (Phi) is 9.31. The van der Waals surface area contributed by atoms with Gasteiger partial charge in [0.05, 0.1) is 34.1 Å². The third kappa shape index (κ3) is 6.53. The molecule has 0 saturated heterocycles. The molecule has 1 aliphatic rings. The lowest BCUT2D eigenvalue weighted by Gasteiger charge is -2.24. The van der Waals surface area contributed by atoms with Gasteiger partial charge in [-0.05, 0) is 74.0 Å². The number of thiazole rings is 1. The van der Waals surface area contributed by atoms with Gasteiger partial charge in [0, 0.05) is 24.2 Å². The van der Waals surface area contributed by atoms with E-state index in [-0.39, 0.29) is 17.7 Å². The van der Waals surface area contributed by atoms with E-state index in [1.807, 2.05) is 67.7 Å². The highest BCUT2D eigenvalue weighted by Gasteiger charge is 2.33. The van der Waals surface area contributed by atoms with Crippen LogP contribution in [0.3, 0.4) is 0 Å². The summed E-state index contributed by atoms with van der Waals surface area (Å²) in [6.45, 7) is 9.15. The molecule has 48 heavy (non-hydrogen) atoms. The standard InChI is InChI=1S/C37H32N4O6S/c1-5-20-46-36(44)32-23(3)38-37-41(34(32)26-14-18-30(19-15-26)47-24(4)42)35(43)31(48-37)21-27-22-40(28-10-8-7-9-11-28)39-33(27)25-12-16-29(17-13-25)45-6-2/h5,7-19,21-22,34H,1,6,20H2,2-4H3/b31-21-/t34-/m0/s1. The minimum absolute atomic E-state index is 0.00211. The van der Waals surface area contributed by atoms with Crippen molar-refractivity contribution in [2.75, 3.05) is 13.2 Å². The van der Waals surface area contributed by atoms with Gasteiger partial charge in [-0.15, -0.1) is 0 Å². The third-order valence-corrected chi connectivity index (χ3v) is 8.50. The van der Waals surface area contributed by atoms with Crippen molar-refractivity contribution in [3.63, 3.8) is 0 Å². The van der Waals surface area contributed by atoms with Gasteiger partial charge in [-0.25, -0.2) is 14.5 Å². The van der Waals surface area contributed by atoms with E-state index in [0.29, 0.717) is 38.6 Å². The molecule has 11 heteroatoms. The molecule has 2 aromatic heterocycles. The first-order valence-electron chi connectivity index (χ1n) is 15.2. The van der Waals surface area contributed by atoms with Gasteiger partial charge in [-0.2, -0.15) is 5.10 Å². The number of carbonyl (C=O) groups excluding carboxylic acids is 2. The second kappa shape index (κ2) is 13.9. The van der Waals surface area contributed by atoms with Crippen LogP contribution >= 0.6 is 11.3 Å². The Balaban J connectivity index is 1.51. The molecule has 5 aromatic rings. The molecule has 0 unspecified atom stereocenters. The Labute approximate surface area is 280 Å². The molecule has 242 valence electrons. The first-order chi connectivity index (χ1) is 23.3. The van der Waals surface area contributed by atoms with Crippen molar-refractivity contribution in [1.29, 1.82) is 0 Å². The zero-order valence-electron chi connectivity index (χ0n) is 26.6. The first-order valence-corrected chi connectivity index (χ1v) is 16.1. The molecule has 0 fully saturated rings. The van der Waals surface area contributed by atoms with Crippen LogP contribution in [0.1, 0.15) is 37.9 Å². The second-order valence-electron chi connectivity index (χ2n) is 10.8. The molecule has 1 aliphatic heterocycles. The van der Waals surface area contributed by atoms with Gasteiger partial charge in [0.2, 0.25) is 0 Å². The normalized spacial score (nSPS) is 14.2. The van der Waals surface area contributed by atoms with Crippen LogP contribution < -0.4 is 24.4 Å². The SMILES string of the molecule is C=CCOC(=O)C1=C(C)N=c2s/c(=C\c3cn(-c4ccccc4)nc3-c3ccc(OCC)cc3)c(=O)n2[C@H]1c1ccc(OC(C)=O)cc1. The van der Waals surface area contributed by atoms with Gasteiger partial charge in [0.1, 0.15) is 23.8 Å². The molecular weight excluding hydrogens is 628 g/mol. The maximum Gasteiger partial charge on any atom is 0.338 e. The number of para-hydroxylation sites is 1. The van der Waals surface area contributed by atoms with Crippen LogP contribution in [0.15, 0.2) is 119 Å². The summed E-state index contributed by atoms with van der Waals surface area (Å²) in [5.74, 6) is 0.0199. The van der Waals surface area contributed by atoms with E-state index in [1.54, 1.807) is 41.9 Å². The van der Waals surface area contributed by atoms with Crippen molar-refractivity contribution in [3.8, 4) is 28.4 Å².